The molecule has 0 radical (unpaired) electrons. The molecule has 0 aromatic carbocycles. The maximum Gasteiger partial charge on any atom is 0.301 e. The van der Waals surface area contributed by atoms with E-state index in [9.17, 15) is 4.79 Å². The summed E-state index contributed by atoms with van der Waals surface area (Å²) >= 11 is 0. The van der Waals surface area contributed by atoms with Gasteiger partial charge in [-0.15, -0.1) is 0 Å². The molecule has 0 aliphatic rings. The van der Waals surface area contributed by atoms with Crippen LogP contribution in [0, 0.1) is 0 Å². The van der Waals surface area contributed by atoms with Crippen LogP contribution < -0.4 is 0 Å². The molecule has 0 bridgehead atoms. The summed E-state index contributed by atoms with van der Waals surface area (Å²) in [4.78, 5) is 11.1. The highest BCUT2D eigenvalue weighted by atomic mass is 16.5. The molecule has 3 heteroatoms. The third kappa shape index (κ3) is 4.07. The van der Waals surface area contributed by atoms with E-state index in [0.717, 1.165) is 20.1 Å². The lowest BCUT2D eigenvalue weighted by Gasteiger charge is -2.10. The van der Waals surface area contributed by atoms with Crippen LogP contribution in [0.5, 0.6) is 0 Å². The molecule has 64 valence electrons. The molecule has 0 saturated carbocycles. The van der Waals surface area contributed by atoms with Crippen molar-refractivity contribution in [1.29, 1.82) is 0 Å². The molecular formula is C8H17BO2. The van der Waals surface area contributed by atoms with Gasteiger partial charge < -0.3 is 4.74 Å². The predicted molar refractivity (Wildman–Crippen MR) is 48.3 cm³/mol. The van der Waals surface area contributed by atoms with Crippen LogP contribution in [0.1, 0.15) is 26.7 Å². The topological polar surface area (TPSA) is 26.3 Å². The lowest BCUT2D eigenvalue weighted by Crippen LogP contribution is -2.16. The van der Waals surface area contributed by atoms with Gasteiger partial charge in [0.15, 0.2) is 0 Å². The Labute approximate surface area is 69.6 Å². The Kier molecular flexibility index (Phi) is 5.99. The highest BCUT2D eigenvalue weighted by Gasteiger charge is 2.16. The first-order valence-corrected chi connectivity index (χ1v) is 4.42. The van der Waals surface area contributed by atoms with Crippen molar-refractivity contribution in [3.63, 3.8) is 0 Å². The van der Waals surface area contributed by atoms with Gasteiger partial charge in [-0.1, -0.05) is 20.2 Å². The molecule has 11 heavy (non-hydrogen) atoms. The average Bonchev–Trinajstić information content (AvgIpc) is 2.00. The third-order valence-corrected chi connectivity index (χ3v) is 1.75. The van der Waals surface area contributed by atoms with Crippen LogP contribution in [0.15, 0.2) is 0 Å². The Balaban J connectivity index is 3.71. The second-order valence-electron chi connectivity index (χ2n) is 2.65. The molecule has 0 fully saturated rings. The number of hydrogen-bond acceptors (Lipinski definition) is 2. The molecule has 0 N–H and O–H groups in total. The van der Waals surface area contributed by atoms with E-state index in [1.807, 2.05) is 13.7 Å². The molecule has 0 aromatic heterocycles. The van der Waals surface area contributed by atoms with E-state index in [-0.39, 0.29) is 11.8 Å². The first-order chi connectivity index (χ1) is 5.26. The third-order valence-electron chi connectivity index (χ3n) is 1.75. The van der Waals surface area contributed by atoms with Crippen molar-refractivity contribution in [2.45, 2.75) is 39.3 Å². The van der Waals surface area contributed by atoms with Gasteiger partial charge in [0.25, 0.3) is 0 Å². The van der Waals surface area contributed by atoms with Gasteiger partial charge in [0, 0.05) is 5.82 Å². The Morgan fingerprint density at radius 3 is 2.55 bits per heavy atom. The van der Waals surface area contributed by atoms with Crippen molar-refractivity contribution >= 4 is 13.2 Å². The van der Waals surface area contributed by atoms with E-state index >= 15 is 0 Å². The molecule has 0 rings (SSSR count). The van der Waals surface area contributed by atoms with Crippen molar-refractivity contribution in [3.8, 4) is 0 Å². The number of carbonyl (C=O) groups is 1. The molecule has 0 aromatic rings. The molecule has 0 heterocycles. The van der Waals surface area contributed by atoms with E-state index in [2.05, 4.69) is 6.92 Å². The predicted octanol–water partition coefficient (Wildman–Crippen LogP) is 1.62. The number of carbonyl (C=O) groups excluding carboxylic acids is 1. The van der Waals surface area contributed by atoms with Crippen molar-refractivity contribution in [2.75, 3.05) is 6.61 Å². The minimum atomic E-state index is -0.0307. The van der Waals surface area contributed by atoms with Gasteiger partial charge in [0.1, 0.15) is 7.28 Å². The summed E-state index contributed by atoms with van der Waals surface area (Å²) < 4.78 is 4.91. The van der Waals surface area contributed by atoms with Crippen molar-refractivity contribution in [2.24, 2.45) is 0 Å². The zero-order valence-corrected chi connectivity index (χ0v) is 7.72. The van der Waals surface area contributed by atoms with Crippen LogP contribution in [0.4, 0.5) is 0 Å². The smallest absolute Gasteiger partial charge is 0.301 e. The Morgan fingerprint density at radius 2 is 2.18 bits per heavy atom. The minimum Gasteiger partial charge on any atom is -0.466 e. The lowest BCUT2D eigenvalue weighted by molar-refractivity contribution is -0.143. The Hall–Kier alpha value is -0.465. The maximum atomic E-state index is 11.1. The van der Waals surface area contributed by atoms with E-state index in [4.69, 9.17) is 4.74 Å². The summed E-state index contributed by atoms with van der Waals surface area (Å²) in [6.07, 6.45) is 2.01. The van der Waals surface area contributed by atoms with Gasteiger partial charge in [-0.3, -0.25) is 4.79 Å². The number of ether oxygens (including phenoxy) is 1. The van der Waals surface area contributed by atoms with Crippen LogP contribution in [0.25, 0.3) is 0 Å². The zero-order valence-electron chi connectivity index (χ0n) is 7.72. The van der Waals surface area contributed by atoms with Crippen LogP contribution in [-0.2, 0) is 9.53 Å². The fourth-order valence-electron chi connectivity index (χ4n) is 1.10. The molecule has 2 nitrogen and oxygen atoms in total. The van der Waals surface area contributed by atoms with Crippen molar-refractivity contribution < 1.29 is 9.53 Å². The van der Waals surface area contributed by atoms with Crippen LogP contribution in [0.3, 0.4) is 0 Å². The molecule has 0 aliphatic carbocycles. The van der Waals surface area contributed by atoms with Gasteiger partial charge >= 0.3 is 5.97 Å². The first kappa shape index (κ1) is 10.5. The van der Waals surface area contributed by atoms with E-state index in [0.29, 0.717) is 6.61 Å². The monoisotopic (exact) mass is 156 g/mol. The molecule has 0 amide bonds. The number of rotatable bonds is 5. The van der Waals surface area contributed by atoms with Crippen LogP contribution in [0.2, 0.25) is 12.6 Å². The molecular weight excluding hydrogens is 139 g/mol. The van der Waals surface area contributed by atoms with Crippen LogP contribution in [-0.4, -0.2) is 19.9 Å². The van der Waals surface area contributed by atoms with Crippen LogP contribution >= 0.6 is 0 Å². The Morgan fingerprint density at radius 1 is 1.55 bits per heavy atom. The zero-order chi connectivity index (χ0) is 8.69. The van der Waals surface area contributed by atoms with Crippen molar-refractivity contribution in [1.82, 2.24) is 0 Å². The van der Waals surface area contributed by atoms with E-state index < -0.39 is 0 Å². The second kappa shape index (κ2) is 6.26. The normalized spacial score (nSPS) is 12.3. The second-order valence-corrected chi connectivity index (χ2v) is 2.65. The summed E-state index contributed by atoms with van der Waals surface area (Å²) in [5, 5.41) is 0. The summed E-state index contributed by atoms with van der Waals surface area (Å²) in [7, 11) is 0.896. The van der Waals surface area contributed by atoms with Crippen molar-refractivity contribution in [3.05, 3.63) is 0 Å². The summed E-state index contributed by atoms with van der Waals surface area (Å²) in [6, 6.07) is 0. The molecule has 0 aliphatic heterocycles. The standard InChI is InChI=1S/C8H17BO2/c1-4-6-7(9-3)8(10)11-5-2/h7,9H,4-6H2,1-3H3. The van der Waals surface area contributed by atoms with Gasteiger partial charge in [0.05, 0.1) is 6.61 Å². The largest absolute Gasteiger partial charge is 0.466 e. The molecule has 0 saturated heterocycles. The Bertz CT molecular complexity index is 115. The first-order valence-electron chi connectivity index (χ1n) is 4.42. The summed E-state index contributed by atoms with van der Waals surface area (Å²) in [5.74, 6) is 0.0943. The molecule has 1 unspecified atom stereocenters. The lowest BCUT2D eigenvalue weighted by atomic mass is 9.65. The average molecular weight is 156 g/mol. The fourth-order valence-corrected chi connectivity index (χ4v) is 1.10. The summed E-state index contributed by atoms with van der Waals surface area (Å²) in [5.41, 5.74) is 0. The van der Waals surface area contributed by atoms with Gasteiger partial charge in [-0.2, -0.15) is 0 Å². The summed E-state index contributed by atoms with van der Waals surface area (Å²) in [6.45, 7) is 6.45. The van der Waals surface area contributed by atoms with Gasteiger partial charge in [-0.05, 0) is 13.3 Å². The quantitative estimate of drug-likeness (QED) is 0.446. The fraction of sp³-hybridized carbons (Fsp3) is 0.875. The van der Waals surface area contributed by atoms with Gasteiger partial charge in [0.2, 0.25) is 0 Å². The SMILES string of the molecule is CBC(CCC)C(=O)OCC. The minimum absolute atomic E-state index is 0.0307. The maximum absolute atomic E-state index is 11.1. The molecule has 0 spiro atoms. The molecule has 1 atom stereocenters. The van der Waals surface area contributed by atoms with Gasteiger partial charge in [-0.25, -0.2) is 0 Å². The number of esters is 1. The van der Waals surface area contributed by atoms with E-state index in [1.54, 1.807) is 0 Å². The highest BCUT2D eigenvalue weighted by Crippen LogP contribution is 2.13. The van der Waals surface area contributed by atoms with E-state index in [1.165, 1.54) is 0 Å². The highest BCUT2D eigenvalue weighted by molar-refractivity contribution is 6.41. The number of hydrogen-bond donors (Lipinski definition) is 0.